The number of pyridine rings is 1. The Hall–Kier alpha value is -2.20. The molecule has 1 N–H and O–H groups in total. The van der Waals surface area contributed by atoms with Gasteiger partial charge in [-0.15, -0.1) is 0 Å². The molecule has 2 rings (SSSR count). The van der Waals surface area contributed by atoms with Gasteiger partial charge in [0, 0.05) is 31.6 Å². The Kier molecular flexibility index (Phi) is 5.26. The van der Waals surface area contributed by atoms with E-state index in [0.29, 0.717) is 18.7 Å². The summed E-state index contributed by atoms with van der Waals surface area (Å²) >= 11 is 0. The Balaban J connectivity index is 1.87. The molecule has 0 aliphatic rings. The molecule has 4 nitrogen and oxygen atoms in total. The smallest absolute Gasteiger partial charge is 0.251 e. The first kappa shape index (κ1) is 14.2. The normalized spacial score (nSPS) is 10.2. The van der Waals surface area contributed by atoms with Crippen LogP contribution in [0.4, 0.5) is 0 Å². The molecule has 1 amide bonds. The van der Waals surface area contributed by atoms with E-state index < -0.39 is 0 Å². The van der Waals surface area contributed by atoms with Gasteiger partial charge in [0.1, 0.15) is 0 Å². The lowest BCUT2D eigenvalue weighted by atomic mass is 10.1. The van der Waals surface area contributed by atoms with Gasteiger partial charge in [0.15, 0.2) is 0 Å². The highest BCUT2D eigenvalue weighted by Crippen LogP contribution is 2.06. The van der Waals surface area contributed by atoms with Crippen molar-refractivity contribution in [2.75, 3.05) is 13.7 Å². The molecule has 0 saturated carbocycles. The lowest BCUT2D eigenvalue weighted by Gasteiger charge is -2.07. The van der Waals surface area contributed by atoms with Crippen LogP contribution in [0.5, 0.6) is 0 Å². The van der Waals surface area contributed by atoms with Crippen molar-refractivity contribution >= 4 is 5.91 Å². The van der Waals surface area contributed by atoms with Crippen LogP contribution < -0.4 is 5.32 Å². The van der Waals surface area contributed by atoms with Crippen LogP contribution in [-0.2, 0) is 17.8 Å². The molecule has 0 spiro atoms. The molecule has 0 aliphatic heterocycles. The fourth-order valence-electron chi connectivity index (χ4n) is 1.94. The lowest BCUT2D eigenvalue weighted by Crippen LogP contribution is -2.25. The minimum atomic E-state index is -0.0631. The van der Waals surface area contributed by atoms with Crippen molar-refractivity contribution in [3.05, 3.63) is 65.5 Å². The second kappa shape index (κ2) is 7.40. The monoisotopic (exact) mass is 270 g/mol. The largest absolute Gasteiger partial charge is 0.380 e. The number of carbonyl (C=O) groups excluding carboxylic acids is 1. The van der Waals surface area contributed by atoms with Crippen LogP contribution >= 0.6 is 0 Å². The Morgan fingerprint density at radius 3 is 2.85 bits per heavy atom. The fraction of sp³-hybridized carbons (Fsp3) is 0.250. The first-order chi connectivity index (χ1) is 9.79. The predicted octanol–water partition coefficient (Wildman–Crippen LogP) is 2.20. The number of nitrogens with one attached hydrogen (secondary N) is 1. The molecule has 4 heteroatoms. The van der Waals surface area contributed by atoms with E-state index in [9.17, 15) is 4.79 Å². The average molecular weight is 270 g/mol. The summed E-state index contributed by atoms with van der Waals surface area (Å²) in [5.41, 5.74) is 2.76. The minimum Gasteiger partial charge on any atom is -0.380 e. The van der Waals surface area contributed by atoms with Gasteiger partial charge in [0.25, 0.3) is 5.91 Å². The number of hydrogen-bond donors (Lipinski definition) is 1. The fourth-order valence-corrected chi connectivity index (χ4v) is 1.94. The van der Waals surface area contributed by atoms with Crippen molar-refractivity contribution in [3.8, 4) is 0 Å². The van der Waals surface area contributed by atoms with Crippen LogP contribution in [0.25, 0.3) is 0 Å². The Morgan fingerprint density at radius 2 is 2.10 bits per heavy atom. The number of benzene rings is 1. The highest BCUT2D eigenvalue weighted by molar-refractivity contribution is 5.94. The highest BCUT2D eigenvalue weighted by atomic mass is 16.5. The predicted molar refractivity (Wildman–Crippen MR) is 77.4 cm³/mol. The van der Waals surface area contributed by atoms with Crippen molar-refractivity contribution < 1.29 is 9.53 Å². The zero-order valence-corrected chi connectivity index (χ0v) is 11.5. The summed E-state index contributed by atoms with van der Waals surface area (Å²) in [5.74, 6) is -0.0631. The Labute approximate surface area is 118 Å². The molecule has 0 atom stereocenters. The second-order valence-corrected chi connectivity index (χ2v) is 4.50. The maximum Gasteiger partial charge on any atom is 0.251 e. The summed E-state index contributed by atoms with van der Waals surface area (Å²) < 4.78 is 5.06. The molecule has 2 aromatic rings. The van der Waals surface area contributed by atoms with Gasteiger partial charge in [0.05, 0.1) is 6.61 Å². The maximum atomic E-state index is 12.0. The van der Waals surface area contributed by atoms with Crippen LogP contribution in [0.1, 0.15) is 21.5 Å². The zero-order chi connectivity index (χ0) is 14.2. The number of aromatic nitrogens is 1. The van der Waals surface area contributed by atoms with E-state index in [-0.39, 0.29) is 5.91 Å². The molecule has 104 valence electrons. The molecule has 20 heavy (non-hydrogen) atoms. The van der Waals surface area contributed by atoms with E-state index in [4.69, 9.17) is 4.74 Å². The van der Waals surface area contributed by atoms with Gasteiger partial charge in [-0.3, -0.25) is 9.78 Å². The third-order valence-corrected chi connectivity index (χ3v) is 2.92. The summed E-state index contributed by atoms with van der Waals surface area (Å²) in [7, 11) is 1.64. The first-order valence-electron chi connectivity index (χ1n) is 6.54. The molecule has 0 radical (unpaired) electrons. The molecule has 0 saturated heterocycles. The topological polar surface area (TPSA) is 51.2 Å². The highest BCUT2D eigenvalue weighted by Gasteiger charge is 2.05. The van der Waals surface area contributed by atoms with Crippen molar-refractivity contribution in [3.63, 3.8) is 0 Å². The number of methoxy groups -OCH3 is 1. The molecule has 0 aliphatic carbocycles. The van der Waals surface area contributed by atoms with Crippen LogP contribution in [0.2, 0.25) is 0 Å². The quantitative estimate of drug-likeness (QED) is 0.875. The summed E-state index contributed by atoms with van der Waals surface area (Å²) in [5, 5.41) is 2.91. The second-order valence-electron chi connectivity index (χ2n) is 4.50. The number of carbonyl (C=O) groups is 1. The van der Waals surface area contributed by atoms with Crippen LogP contribution in [0.15, 0.2) is 48.8 Å². The molecular weight excluding hydrogens is 252 g/mol. The summed E-state index contributed by atoms with van der Waals surface area (Å²) in [4.78, 5) is 16.1. The molecular formula is C16H18N2O2. The van der Waals surface area contributed by atoms with Gasteiger partial charge >= 0.3 is 0 Å². The summed E-state index contributed by atoms with van der Waals surface area (Å²) in [6.45, 7) is 1.11. The number of amides is 1. The molecule has 1 heterocycles. The van der Waals surface area contributed by atoms with Gasteiger partial charge in [0.2, 0.25) is 0 Å². The molecule has 0 fully saturated rings. The minimum absolute atomic E-state index is 0.0631. The third kappa shape index (κ3) is 4.17. The molecule has 1 aromatic carbocycles. The molecule has 0 bridgehead atoms. The third-order valence-electron chi connectivity index (χ3n) is 2.92. The van der Waals surface area contributed by atoms with Crippen LogP contribution in [-0.4, -0.2) is 24.5 Å². The number of rotatable bonds is 6. The van der Waals surface area contributed by atoms with E-state index in [0.717, 1.165) is 17.5 Å². The number of nitrogens with zero attached hydrogens (tertiary/aromatic N) is 1. The number of ether oxygens (including phenoxy) is 1. The average Bonchev–Trinajstić information content (AvgIpc) is 2.49. The van der Waals surface area contributed by atoms with E-state index >= 15 is 0 Å². The Morgan fingerprint density at radius 1 is 1.25 bits per heavy atom. The molecule has 1 aromatic heterocycles. The van der Waals surface area contributed by atoms with Crippen molar-refractivity contribution in [2.45, 2.75) is 13.0 Å². The van der Waals surface area contributed by atoms with Crippen molar-refractivity contribution in [1.29, 1.82) is 0 Å². The van der Waals surface area contributed by atoms with E-state index in [1.54, 1.807) is 19.4 Å². The first-order valence-corrected chi connectivity index (χ1v) is 6.54. The van der Waals surface area contributed by atoms with Crippen molar-refractivity contribution in [2.24, 2.45) is 0 Å². The van der Waals surface area contributed by atoms with Gasteiger partial charge < -0.3 is 10.1 Å². The Bertz CT molecular complexity index is 555. The zero-order valence-electron chi connectivity index (χ0n) is 11.5. The van der Waals surface area contributed by atoms with E-state index in [2.05, 4.69) is 10.3 Å². The lowest BCUT2D eigenvalue weighted by molar-refractivity contribution is 0.0954. The maximum absolute atomic E-state index is 12.0. The van der Waals surface area contributed by atoms with Gasteiger partial charge in [-0.2, -0.15) is 0 Å². The number of hydrogen-bond acceptors (Lipinski definition) is 3. The van der Waals surface area contributed by atoms with Crippen LogP contribution in [0, 0.1) is 0 Å². The molecule has 0 unspecified atom stereocenters. The van der Waals surface area contributed by atoms with Gasteiger partial charge in [-0.1, -0.05) is 18.2 Å². The standard InChI is InChI=1S/C16H18N2O2/c1-20-12-14-4-2-6-15(10-14)16(19)18-9-7-13-5-3-8-17-11-13/h2-6,8,10-11H,7,9,12H2,1H3,(H,18,19). The van der Waals surface area contributed by atoms with E-state index in [1.807, 2.05) is 36.5 Å². The van der Waals surface area contributed by atoms with Gasteiger partial charge in [-0.05, 0) is 35.7 Å². The van der Waals surface area contributed by atoms with E-state index in [1.165, 1.54) is 0 Å². The summed E-state index contributed by atoms with van der Waals surface area (Å²) in [6, 6.07) is 11.4. The SMILES string of the molecule is COCc1cccc(C(=O)NCCc2cccnc2)c1. The van der Waals surface area contributed by atoms with Crippen LogP contribution in [0.3, 0.4) is 0 Å². The van der Waals surface area contributed by atoms with Gasteiger partial charge in [-0.25, -0.2) is 0 Å². The summed E-state index contributed by atoms with van der Waals surface area (Å²) in [6.07, 6.45) is 4.33. The van der Waals surface area contributed by atoms with Crippen molar-refractivity contribution in [1.82, 2.24) is 10.3 Å².